The van der Waals surface area contributed by atoms with Crippen molar-refractivity contribution in [3.63, 3.8) is 0 Å². The molecule has 1 fully saturated rings. The van der Waals surface area contributed by atoms with Crippen molar-refractivity contribution in [2.75, 3.05) is 13.1 Å². The van der Waals surface area contributed by atoms with Gasteiger partial charge in [-0.2, -0.15) is 0 Å². The number of piperidine rings is 1. The topological polar surface area (TPSA) is 59.8 Å². The van der Waals surface area contributed by atoms with Crippen LogP contribution < -0.4 is 0 Å². The van der Waals surface area contributed by atoms with Crippen molar-refractivity contribution in [1.29, 1.82) is 0 Å². The summed E-state index contributed by atoms with van der Waals surface area (Å²) in [5.74, 6) is 0.262. The first-order valence-corrected chi connectivity index (χ1v) is 7.99. The van der Waals surface area contributed by atoms with Crippen LogP contribution in [0.2, 0.25) is 0 Å². The zero-order valence-corrected chi connectivity index (χ0v) is 13.6. The zero-order valence-electron chi connectivity index (χ0n) is 13.6. The Hall–Kier alpha value is -1.78. The van der Waals surface area contributed by atoms with Crippen molar-refractivity contribution < 1.29 is 18.7 Å². The van der Waals surface area contributed by atoms with Crippen LogP contribution in [0.15, 0.2) is 23.0 Å². The van der Waals surface area contributed by atoms with Crippen LogP contribution >= 0.6 is 0 Å². The van der Waals surface area contributed by atoms with E-state index in [4.69, 9.17) is 9.15 Å². The Labute approximate surface area is 131 Å². The summed E-state index contributed by atoms with van der Waals surface area (Å²) < 4.78 is 10.5. The standard InChI is InChI=1S/C17H25NO4/c1-12(2)10-13(3)22-17(20)14-4-7-18(8-5-14)16(19)15-6-9-21-11-15/h6,9,11-14H,4-5,7-8,10H2,1-3H3/t13-/m0/s1. The highest BCUT2D eigenvalue weighted by molar-refractivity contribution is 5.94. The van der Waals surface area contributed by atoms with Crippen molar-refractivity contribution in [3.8, 4) is 0 Å². The summed E-state index contributed by atoms with van der Waals surface area (Å²) in [4.78, 5) is 26.1. The molecule has 1 aromatic rings. The minimum absolute atomic E-state index is 0.0336. The third kappa shape index (κ3) is 4.36. The molecule has 1 aromatic heterocycles. The molecule has 0 aliphatic carbocycles. The predicted molar refractivity (Wildman–Crippen MR) is 82.3 cm³/mol. The van der Waals surface area contributed by atoms with Crippen LogP contribution in [-0.4, -0.2) is 36.0 Å². The summed E-state index contributed by atoms with van der Waals surface area (Å²) in [5, 5.41) is 0. The van der Waals surface area contributed by atoms with Crippen molar-refractivity contribution in [2.45, 2.75) is 46.1 Å². The third-order valence-electron chi connectivity index (χ3n) is 4.00. The lowest BCUT2D eigenvalue weighted by Crippen LogP contribution is -2.41. The summed E-state index contributed by atoms with van der Waals surface area (Å²) >= 11 is 0. The lowest BCUT2D eigenvalue weighted by atomic mass is 9.96. The molecule has 0 aromatic carbocycles. The average Bonchev–Trinajstić information content (AvgIpc) is 2.99. The number of rotatable bonds is 5. The molecule has 0 N–H and O–H groups in total. The van der Waals surface area contributed by atoms with Gasteiger partial charge in [-0.05, 0) is 38.2 Å². The number of hydrogen-bond acceptors (Lipinski definition) is 4. The maximum atomic E-state index is 12.2. The van der Waals surface area contributed by atoms with E-state index in [2.05, 4.69) is 13.8 Å². The summed E-state index contributed by atoms with van der Waals surface area (Å²) in [6, 6.07) is 1.66. The van der Waals surface area contributed by atoms with Gasteiger partial charge in [0.05, 0.1) is 23.8 Å². The molecular formula is C17H25NO4. The molecule has 1 amide bonds. The molecule has 1 aliphatic heterocycles. The summed E-state index contributed by atoms with van der Waals surface area (Å²) in [6.07, 6.45) is 5.11. The van der Waals surface area contributed by atoms with Gasteiger partial charge < -0.3 is 14.1 Å². The Morgan fingerprint density at radius 3 is 2.55 bits per heavy atom. The Balaban J connectivity index is 1.79. The van der Waals surface area contributed by atoms with E-state index in [9.17, 15) is 9.59 Å². The molecular weight excluding hydrogens is 282 g/mol. The Bertz CT molecular complexity index is 487. The molecule has 0 unspecified atom stereocenters. The number of carbonyl (C=O) groups is 2. The van der Waals surface area contributed by atoms with Crippen LogP contribution in [0.3, 0.4) is 0 Å². The van der Waals surface area contributed by atoms with Crippen molar-refractivity contribution in [2.24, 2.45) is 11.8 Å². The van der Waals surface area contributed by atoms with Crippen molar-refractivity contribution >= 4 is 11.9 Å². The van der Waals surface area contributed by atoms with E-state index >= 15 is 0 Å². The highest BCUT2D eigenvalue weighted by atomic mass is 16.5. The van der Waals surface area contributed by atoms with Gasteiger partial charge in [0.25, 0.3) is 5.91 Å². The van der Waals surface area contributed by atoms with E-state index in [1.54, 1.807) is 11.0 Å². The number of hydrogen-bond donors (Lipinski definition) is 0. The largest absolute Gasteiger partial charge is 0.472 e. The average molecular weight is 307 g/mol. The number of nitrogens with zero attached hydrogens (tertiary/aromatic N) is 1. The molecule has 2 heterocycles. The minimum Gasteiger partial charge on any atom is -0.472 e. The predicted octanol–water partition coefficient (Wildman–Crippen LogP) is 3.11. The quantitative estimate of drug-likeness (QED) is 0.784. The van der Waals surface area contributed by atoms with Crippen LogP contribution in [0, 0.1) is 11.8 Å². The van der Waals surface area contributed by atoms with Crippen molar-refractivity contribution in [3.05, 3.63) is 24.2 Å². The first kappa shape index (κ1) is 16.6. The molecule has 0 bridgehead atoms. The normalized spacial score (nSPS) is 17.5. The van der Waals surface area contributed by atoms with Gasteiger partial charge in [0, 0.05) is 13.1 Å². The van der Waals surface area contributed by atoms with E-state index < -0.39 is 0 Å². The monoisotopic (exact) mass is 307 g/mol. The Morgan fingerprint density at radius 2 is 2.00 bits per heavy atom. The van der Waals surface area contributed by atoms with E-state index in [0.29, 0.717) is 37.4 Å². The van der Waals surface area contributed by atoms with E-state index in [-0.39, 0.29) is 23.9 Å². The molecule has 0 spiro atoms. The Kier molecular flexibility index (Phi) is 5.63. The molecule has 0 saturated carbocycles. The van der Waals surface area contributed by atoms with Crippen LogP contribution in [0.4, 0.5) is 0 Å². The third-order valence-corrected chi connectivity index (χ3v) is 4.00. The number of furan rings is 1. The van der Waals surface area contributed by atoms with Gasteiger partial charge in [0.15, 0.2) is 0 Å². The maximum Gasteiger partial charge on any atom is 0.309 e. The fourth-order valence-corrected chi connectivity index (χ4v) is 2.89. The van der Waals surface area contributed by atoms with Crippen LogP contribution in [-0.2, 0) is 9.53 Å². The molecule has 1 aliphatic rings. The fourth-order valence-electron chi connectivity index (χ4n) is 2.89. The van der Waals surface area contributed by atoms with Gasteiger partial charge in [-0.3, -0.25) is 9.59 Å². The Morgan fingerprint density at radius 1 is 1.32 bits per heavy atom. The highest BCUT2D eigenvalue weighted by Gasteiger charge is 2.29. The van der Waals surface area contributed by atoms with Gasteiger partial charge >= 0.3 is 5.97 Å². The summed E-state index contributed by atoms with van der Waals surface area (Å²) in [5.41, 5.74) is 0.562. The first-order valence-electron chi connectivity index (χ1n) is 7.99. The van der Waals surface area contributed by atoms with Gasteiger partial charge in [0.2, 0.25) is 0 Å². The molecule has 22 heavy (non-hydrogen) atoms. The van der Waals surface area contributed by atoms with E-state index in [1.807, 2.05) is 6.92 Å². The molecule has 1 saturated heterocycles. The summed E-state index contributed by atoms with van der Waals surface area (Å²) in [6.45, 7) is 7.34. The second-order valence-corrected chi connectivity index (χ2v) is 6.46. The number of amides is 1. The van der Waals surface area contributed by atoms with Gasteiger partial charge in [-0.25, -0.2) is 0 Å². The smallest absolute Gasteiger partial charge is 0.309 e. The zero-order chi connectivity index (χ0) is 16.1. The number of carbonyl (C=O) groups excluding carboxylic acids is 2. The van der Waals surface area contributed by atoms with Crippen molar-refractivity contribution in [1.82, 2.24) is 4.90 Å². The van der Waals surface area contributed by atoms with Gasteiger partial charge in [0.1, 0.15) is 6.26 Å². The van der Waals surface area contributed by atoms with Crippen LogP contribution in [0.25, 0.3) is 0 Å². The second-order valence-electron chi connectivity index (χ2n) is 6.46. The number of ether oxygens (including phenoxy) is 1. The van der Waals surface area contributed by atoms with Gasteiger partial charge in [-0.15, -0.1) is 0 Å². The fraction of sp³-hybridized carbons (Fsp3) is 0.647. The van der Waals surface area contributed by atoms with Crippen LogP contribution in [0.1, 0.15) is 50.4 Å². The SMILES string of the molecule is CC(C)C[C@H](C)OC(=O)C1CCN(C(=O)c2ccoc2)CC1. The molecule has 122 valence electrons. The van der Waals surface area contributed by atoms with E-state index in [1.165, 1.54) is 12.5 Å². The first-order chi connectivity index (χ1) is 10.5. The number of likely N-dealkylation sites (tertiary alicyclic amines) is 1. The van der Waals surface area contributed by atoms with Crippen LogP contribution in [0.5, 0.6) is 0 Å². The molecule has 0 radical (unpaired) electrons. The number of esters is 1. The molecule has 5 nitrogen and oxygen atoms in total. The lowest BCUT2D eigenvalue weighted by Gasteiger charge is -2.31. The van der Waals surface area contributed by atoms with E-state index in [0.717, 1.165) is 6.42 Å². The molecule has 2 rings (SSSR count). The summed E-state index contributed by atoms with van der Waals surface area (Å²) in [7, 11) is 0. The molecule has 1 atom stereocenters. The second kappa shape index (κ2) is 7.47. The van der Waals surface area contributed by atoms with Gasteiger partial charge in [-0.1, -0.05) is 13.8 Å². The molecule has 5 heteroatoms. The minimum atomic E-state index is -0.122. The lowest BCUT2D eigenvalue weighted by molar-refractivity contribution is -0.155. The highest BCUT2D eigenvalue weighted by Crippen LogP contribution is 2.22. The maximum absolute atomic E-state index is 12.2.